The molecule has 0 aromatic carbocycles. The van der Waals surface area contributed by atoms with E-state index in [2.05, 4.69) is 23.7 Å². The van der Waals surface area contributed by atoms with Gasteiger partial charge < -0.3 is 10.6 Å². The van der Waals surface area contributed by atoms with Crippen molar-refractivity contribution in [2.75, 3.05) is 17.2 Å². The van der Waals surface area contributed by atoms with Gasteiger partial charge in [0.25, 0.3) is 0 Å². The molecule has 4 nitrogen and oxygen atoms in total. The molecule has 1 unspecified atom stereocenters. The van der Waals surface area contributed by atoms with Crippen molar-refractivity contribution in [3.63, 3.8) is 0 Å². The predicted octanol–water partition coefficient (Wildman–Crippen LogP) is 3.01. The lowest BCUT2D eigenvalue weighted by molar-refractivity contribution is 0.445. The lowest BCUT2D eigenvalue weighted by Crippen LogP contribution is -2.40. The fourth-order valence-electron chi connectivity index (χ4n) is 3.05. The van der Waals surface area contributed by atoms with E-state index in [1.54, 1.807) is 0 Å². The second kappa shape index (κ2) is 4.99. The number of nitrogens with zero attached hydrogens (tertiary/aromatic N) is 3. The van der Waals surface area contributed by atoms with Crippen molar-refractivity contribution >= 4 is 11.6 Å². The van der Waals surface area contributed by atoms with Gasteiger partial charge >= 0.3 is 0 Å². The molecule has 1 aromatic rings. The van der Waals surface area contributed by atoms with E-state index < -0.39 is 0 Å². The maximum atomic E-state index is 6.10. The van der Waals surface area contributed by atoms with Crippen LogP contribution in [0.1, 0.15) is 62.8 Å². The number of hydrogen-bond donors (Lipinski definition) is 1. The Hall–Kier alpha value is -1.32. The summed E-state index contributed by atoms with van der Waals surface area (Å²) in [5.41, 5.74) is 7.16. The summed E-state index contributed by atoms with van der Waals surface area (Å²) in [5.74, 6) is 3.30. The molecule has 19 heavy (non-hydrogen) atoms. The van der Waals surface area contributed by atoms with E-state index in [1.807, 2.05) is 0 Å². The Balaban J connectivity index is 1.97. The zero-order valence-electron chi connectivity index (χ0n) is 12.0. The largest absolute Gasteiger partial charge is 0.383 e. The summed E-state index contributed by atoms with van der Waals surface area (Å²) in [5, 5.41) is 0. The molecule has 1 atom stereocenters. The molecular formula is C15H24N4. The van der Waals surface area contributed by atoms with Crippen LogP contribution < -0.4 is 10.6 Å². The highest BCUT2D eigenvalue weighted by Crippen LogP contribution is 2.40. The number of nitrogen functional groups attached to an aromatic ring is 1. The summed E-state index contributed by atoms with van der Waals surface area (Å²) in [6.07, 6.45) is 7.50. The Labute approximate surface area is 115 Å². The minimum Gasteiger partial charge on any atom is -0.383 e. The van der Waals surface area contributed by atoms with Crippen LogP contribution in [-0.2, 0) is 0 Å². The topological polar surface area (TPSA) is 55.0 Å². The first-order valence-electron chi connectivity index (χ1n) is 7.61. The van der Waals surface area contributed by atoms with Crippen LogP contribution in [0.3, 0.4) is 0 Å². The van der Waals surface area contributed by atoms with Crippen molar-refractivity contribution < 1.29 is 0 Å². The van der Waals surface area contributed by atoms with Gasteiger partial charge in [-0.05, 0) is 45.4 Å². The van der Waals surface area contributed by atoms with E-state index >= 15 is 0 Å². The Kier molecular flexibility index (Phi) is 3.33. The van der Waals surface area contributed by atoms with Gasteiger partial charge in [-0.3, -0.25) is 0 Å². The molecule has 3 rings (SSSR count). The van der Waals surface area contributed by atoms with E-state index in [0.29, 0.717) is 17.8 Å². The SMILES string of the molecule is CCC1CCCCN1c1nc(C2CC2)nc(N)c1C. The van der Waals surface area contributed by atoms with Gasteiger partial charge in [0.2, 0.25) is 0 Å². The minimum atomic E-state index is 0.562. The molecule has 1 aliphatic heterocycles. The smallest absolute Gasteiger partial charge is 0.137 e. The summed E-state index contributed by atoms with van der Waals surface area (Å²) in [7, 11) is 0. The summed E-state index contributed by atoms with van der Waals surface area (Å²) in [6.45, 7) is 5.44. The van der Waals surface area contributed by atoms with Crippen LogP contribution in [0.5, 0.6) is 0 Å². The zero-order valence-corrected chi connectivity index (χ0v) is 12.0. The number of piperidine rings is 1. The molecule has 0 spiro atoms. The van der Waals surface area contributed by atoms with E-state index in [4.69, 9.17) is 10.7 Å². The maximum Gasteiger partial charge on any atom is 0.137 e. The number of rotatable bonds is 3. The minimum absolute atomic E-state index is 0.562. The van der Waals surface area contributed by atoms with Gasteiger partial charge in [0, 0.05) is 24.1 Å². The lowest BCUT2D eigenvalue weighted by Gasteiger charge is -2.37. The summed E-state index contributed by atoms with van der Waals surface area (Å²) in [6, 6.07) is 0.619. The van der Waals surface area contributed by atoms with Crippen LogP contribution in [0.4, 0.5) is 11.6 Å². The van der Waals surface area contributed by atoms with Gasteiger partial charge in [-0.2, -0.15) is 0 Å². The molecule has 2 aliphatic rings. The molecule has 2 heterocycles. The summed E-state index contributed by atoms with van der Waals surface area (Å²) >= 11 is 0. The Bertz CT molecular complexity index is 467. The van der Waals surface area contributed by atoms with Crippen molar-refractivity contribution in [2.24, 2.45) is 0 Å². The summed E-state index contributed by atoms with van der Waals surface area (Å²) in [4.78, 5) is 11.8. The molecule has 2 fully saturated rings. The first kappa shape index (κ1) is 12.7. The predicted molar refractivity (Wildman–Crippen MR) is 78.4 cm³/mol. The standard InChI is InChI=1S/C15H24N4/c1-3-12-6-4-5-9-19(12)15-10(2)13(16)17-14(18-15)11-7-8-11/h11-12H,3-9H2,1-2H3,(H2,16,17,18). The molecule has 0 bridgehead atoms. The average molecular weight is 260 g/mol. The van der Waals surface area contributed by atoms with Crippen LogP contribution in [0.25, 0.3) is 0 Å². The van der Waals surface area contributed by atoms with Gasteiger partial charge in [-0.15, -0.1) is 0 Å². The third kappa shape index (κ3) is 2.40. The Morgan fingerprint density at radius 3 is 2.68 bits per heavy atom. The van der Waals surface area contributed by atoms with Gasteiger partial charge in [0.1, 0.15) is 17.5 Å². The van der Waals surface area contributed by atoms with Crippen molar-refractivity contribution in [2.45, 2.75) is 64.3 Å². The van der Waals surface area contributed by atoms with Gasteiger partial charge in [-0.25, -0.2) is 9.97 Å². The molecule has 104 valence electrons. The van der Waals surface area contributed by atoms with Crippen LogP contribution in [0, 0.1) is 6.92 Å². The van der Waals surface area contributed by atoms with E-state index in [9.17, 15) is 0 Å². The lowest BCUT2D eigenvalue weighted by atomic mass is 9.99. The Morgan fingerprint density at radius 1 is 1.21 bits per heavy atom. The number of hydrogen-bond acceptors (Lipinski definition) is 4. The van der Waals surface area contributed by atoms with Crippen molar-refractivity contribution in [1.82, 2.24) is 9.97 Å². The van der Waals surface area contributed by atoms with E-state index in [1.165, 1.54) is 38.5 Å². The van der Waals surface area contributed by atoms with Crippen LogP contribution in [0.2, 0.25) is 0 Å². The van der Waals surface area contributed by atoms with Gasteiger partial charge in [0.15, 0.2) is 0 Å². The number of aromatic nitrogens is 2. The molecule has 0 amide bonds. The molecule has 1 saturated carbocycles. The molecular weight excluding hydrogens is 236 g/mol. The molecule has 2 N–H and O–H groups in total. The van der Waals surface area contributed by atoms with Gasteiger partial charge in [0.05, 0.1) is 0 Å². The first-order chi connectivity index (χ1) is 9.20. The average Bonchev–Trinajstić information content (AvgIpc) is 3.26. The highest BCUT2D eigenvalue weighted by atomic mass is 15.2. The van der Waals surface area contributed by atoms with Crippen molar-refractivity contribution in [3.05, 3.63) is 11.4 Å². The second-order valence-electron chi connectivity index (χ2n) is 5.94. The van der Waals surface area contributed by atoms with Crippen LogP contribution in [0.15, 0.2) is 0 Å². The summed E-state index contributed by atoms with van der Waals surface area (Å²) < 4.78 is 0. The normalized spacial score (nSPS) is 23.7. The van der Waals surface area contributed by atoms with E-state index in [-0.39, 0.29) is 0 Å². The highest BCUT2D eigenvalue weighted by Gasteiger charge is 2.30. The highest BCUT2D eigenvalue weighted by molar-refractivity contribution is 5.57. The van der Waals surface area contributed by atoms with Gasteiger partial charge in [-0.1, -0.05) is 6.92 Å². The fourth-order valence-corrected chi connectivity index (χ4v) is 3.05. The third-order valence-electron chi connectivity index (χ3n) is 4.49. The Morgan fingerprint density at radius 2 is 2.00 bits per heavy atom. The van der Waals surface area contributed by atoms with Crippen LogP contribution in [-0.4, -0.2) is 22.6 Å². The molecule has 1 aliphatic carbocycles. The van der Waals surface area contributed by atoms with Crippen molar-refractivity contribution in [3.8, 4) is 0 Å². The second-order valence-corrected chi connectivity index (χ2v) is 5.94. The first-order valence-corrected chi connectivity index (χ1v) is 7.61. The number of nitrogens with two attached hydrogens (primary N) is 1. The van der Waals surface area contributed by atoms with E-state index in [0.717, 1.165) is 23.8 Å². The fraction of sp³-hybridized carbons (Fsp3) is 0.733. The third-order valence-corrected chi connectivity index (χ3v) is 4.49. The zero-order chi connectivity index (χ0) is 13.4. The quantitative estimate of drug-likeness (QED) is 0.907. The monoisotopic (exact) mass is 260 g/mol. The molecule has 0 radical (unpaired) electrons. The van der Waals surface area contributed by atoms with Crippen molar-refractivity contribution in [1.29, 1.82) is 0 Å². The molecule has 4 heteroatoms. The number of anilines is 2. The molecule has 1 aromatic heterocycles. The van der Waals surface area contributed by atoms with Crippen LogP contribution >= 0.6 is 0 Å². The molecule has 1 saturated heterocycles. The maximum absolute atomic E-state index is 6.10.